The number of hydrogen-bond donors (Lipinski definition) is 3. The minimum atomic E-state index is -0.0864. The summed E-state index contributed by atoms with van der Waals surface area (Å²) in [6, 6.07) is 11.3. The van der Waals surface area contributed by atoms with Gasteiger partial charge in [-0.2, -0.15) is 0 Å². The lowest BCUT2D eigenvalue weighted by atomic mass is 10.1. The SMILES string of the molecule is CC(=O)Nc1cccc(C(C)Nc2ncccc2N)c1. The summed E-state index contributed by atoms with van der Waals surface area (Å²) in [6.45, 7) is 3.50. The van der Waals surface area contributed by atoms with Gasteiger partial charge >= 0.3 is 0 Å². The van der Waals surface area contributed by atoms with Gasteiger partial charge in [0.1, 0.15) is 5.82 Å². The summed E-state index contributed by atoms with van der Waals surface area (Å²) in [5.74, 6) is 0.571. The van der Waals surface area contributed by atoms with E-state index in [4.69, 9.17) is 5.73 Å². The first kappa shape index (κ1) is 13.9. The predicted octanol–water partition coefficient (Wildman–Crippen LogP) is 2.80. The molecule has 0 fully saturated rings. The molecule has 1 unspecified atom stereocenters. The summed E-state index contributed by atoms with van der Waals surface area (Å²) >= 11 is 0. The van der Waals surface area contributed by atoms with Crippen LogP contribution in [0.2, 0.25) is 0 Å². The predicted molar refractivity (Wildman–Crippen MR) is 81.4 cm³/mol. The molecule has 1 aromatic heterocycles. The monoisotopic (exact) mass is 270 g/mol. The van der Waals surface area contributed by atoms with Crippen molar-refractivity contribution in [1.82, 2.24) is 4.98 Å². The van der Waals surface area contributed by atoms with Gasteiger partial charge in [0.15, 0.2) is 0 Å². The maximum absolute atomic E-state index is 11.1. The van der Waals surface area contributed by atoms with Crippen molar-refractivity contribution >= 4 is 23.1 Å². The molecule has 2 rings (SSSR count). The Morgan fingerprint density at radius 2 is 2.10 bits per heavy atom. The standard InChI is InChI=1S/C15H18N4O/c1-10(18-15-14(16)7-4-8-17-15)12-5-3-6-13(9-12)19-11(2)20/h3-10H,16H2,1-2H3,(H,17,18)(H,19,20). The van der Waals surface area contributed by atoms with E-state index >= 15 is 0 Å². The lowest BCUT2D eigenvalue weighted by molar-refractivity contribution is -0.114. The number of nitrogen functional groups attached to an aromatic ring is 1. The molecule has 0 aliphatic rings. The average Bonchev–Trinajstić information content (AvgIpc) is 2.41. The van der Waals surface area contributed by atoms with E-state index < -0.39 is 0 Å². The normalized spacial score (nSPS) is 11.7. The highest BCUT2D eigenvalue weighted by Gasteiger charge is 2.08. The van der Waals surface area contributed by atoms with Gasteiger partial charge in [0.25, 0.3) is 0 Å². The molecule has 1 amide bonds. The number of nitrogens with zero attached hydrogens (tertiary/aromatic N) is 1. The van der Waals surface area contributed by atoms with Gasteiger partial charge in [-0.3, -0.25) is 4.79 Å². The second-order valence-corrected chi connectivity index (χ2v) is 4.61. The number of carbonyl (C=O) groups is 1. The third kappa shape index (κ3) is 3.47. The Labute approximate surface area is 118 Å². The zero-order valence-electron chi connectivity index (χ0n) is 11.6. The van der Waals surface area contributed by atoms with Crippen LogP contribution in [0.5, 0.6) is 0 Å². The van der Waals surface area contributed by atoms with E-state index in [0.717, 1.165) is 11.3 Å². The molecule has 0 saturated carbocycles. The molecule has 1 heterocycles. The molecular formula is C15H18N4O. The highest BCUT2D eigenvalue weighted by Crippen LogP contribution is 2.23. The molecule has 20 heavy (non-hydrogen) atoms. The van der Waals surface area contributed by atoms with Crippen molar-refractivity contribution in [2.45, 2.75) is 19.9 Å². The quantitative estimate of drug-likeness (QED) is 0.798. The van der Waals surface area contributed by atoms with Crippen LogP contribution in [0.3, 0.4) is 0 Å². The Morgan fingerprint density at radius 3 is 2.80 bits per heavy atom. The molecule has 0 saturated heterocycles. The molecule has 1 aromatic carbocycles. The van der Waals surface area contributed by atoms with Crippen molar-refractivity contribution in [3.05, 3.63) is 48.2 Å². The summed E-state index contributed by atoms with van der Waals surface area (Å²) in [5, 5.41) is 6.03. The Morgan fingerprint density at radius 1 is 1.30 bits per heavy atom. The number of hydrogen-bond acceptors (Lipinski definition) is 4. The molecule has 4 N–H and O–H groups in total. The number of benzene rings is 1. The highest BCUT2D eigenvalue weighted by molar-refractivity contribution is 5.88. The maximum atomic E-state index is 11.1. The summed E-state index contributed by atoms with van der Waals surface area (Å²) in [6.07, 6.45) is 1.69. The molecule has 1 atom stereocenters. The van der Waals surface area contributed by atoms with E-state index in [1.807, 2.05) is 31.2 Å². The molecule has 0 aliphatic heterocycles. The van der Waals surface area contributed by atoms with Crippen LogP contribution in [-0.2, 0) is 4.79 Å². The number of anilines is 3. The van der Waals surface area contributed by atoms with Crippen LogP contribution in [0.15, 0.2) is 42.6 Å². The van der Waals surface area contributed by atoms with Gasteiger partial charge in [-0.1, -0.05) is 12.1 Å². The van der Waals surface area contributed by atoms with Crippen LogP contribution in [0, 0.1) is 0 Å². The van der Waals surface area contributed by atoms with Crippen molar-refractivity contribution in [3.8, 4) is 0 Å². The fraction of sp³-hybridized carbons (Fsp3) is 0.200. The maximum Gasteiger partial charge on any atom is 0.221 e. The first-order valence-corrected chi connectivity index (χ1v) is 6.41. The van der Waals surface area contributed by atoms with Crippen LogP contribution in [-0.4, -0.2) is 10.9 Å². The minimum Gasteiger partial charge on any atom is -0.396 e. The molecule has 104 valence electrons. The third-order valence-electron chi connectivity index (χ3n) is 2.90. The Bertz CT molecular complexity index is 612. The molecule has 0 aliphatic carbocycles. The van der Waals surface area contributed by atoms with Gasteiger partial charge in [0.05, 0.1) is 11.7 Å². The molecule has 2 aromatic rings. The fourth-order valence-corrected chi connectivity index (χ4v) is 1.92. The molecule has 5 nitrogen and oxygen atoms in total. The Hall–Kier alpha value is -2.56. The zero-order valence-corrected chi connectivity index (χ0v) is 11.6. The van der Waals surface area contributed by atoms with Crippen molar-refractivity contribution in [2.75, 3.05) is 16.4 Å². The van der Waals surface area contributed by atoms with E-state index in [1.54, 1.807) is 18.3 Å². The number of pyridine rings is 1. The first-order chi connectivity index (χ1) is 9.56. The van der Waals surface area contributed by atoms with Gasteiger partial charge in [-0.05, 0) is 36.8 Å². The van der Waals surface area contributed by atoms with Gasteiger partial charge in [0, 0.05) is 18.8 Å². The van der Waals surface area contributed by atoms with Gasteiger partial charge in [0.2, 0.25) is 5.91 Å². The number of nitrogens with two attached hydrogens (primary N) is 1. The van der Waals surface area contributed by atoms with E-state index in [-0.39, 0.29) is 11.9 Å². The Kier molecular flexibility index (Phi) is 4.20. The van der Waals surface area contributed by atoms with Crippen molar-refractivity contribution in [2.24, 2.45) is 0 Å². The number of aromatic nitrogens is 1. The minimum absolute atomic E-state index is 0.0286. The largest absolute Gasteiger partial charge is 0.396 e. The second-order valence-electron chi connectivity index (χ2n) is 4.61. The topological polar surface area (TPSA) is 80.0 Å². The van der Waals surface area contributed by atoms with E-state index in [2.05, 4.69) is 15.6 Å². The summed E-state index contributed by atoms with van der Waals surface area (Å²) < 4.78 is 0. The lowest BCUT2D eigenvalue weighted by Crippen LogP contribution is -2.11. The van der Waals surface area contributed by atoms with Crippen LogP contribution < -0.4 is 16.4 Å². The molecule has 0 bridgehead atoms. The van der Waals surface area contributed by atoms with E-state index in [1.165, 1.54) is 6.92 Å². The smallest absolute Gasteiger partial charge is 0.221 e. The van der Waals surface area contributed by atoms with Gasteiger partial charge in [-0.15, -0.1) is 0 Å². The average molecular weight is 270 g/mol. The van der Waals surface area contributed by atoms with Crippen LogP contribution in [0.1, 0.15) is 25.5 Å². The van der Waals surface area contributed by atoms with Crippen LogP contribution in [0.25, 0.3) is 0 Å². The van der Waals surface area contributed by atoms with E-state index in [0.29, 0.717) is 11.5 Å². The van der Waals surface area contributed by atoms with Crippen molar-refractivity contribution < 1.29 is 4.79 Å². The Balaban J connectivity index is 2.15. The lowest BCUT2D eigenvalue weighted by Gasteiger charge is -2.17. The number of amides is 1. The fourth-order valence-electron chi connectivity index (χ4n) is 1.92. The molecule has 0 radical (unpaired) electrons. The summed E-state index contributed by atoms with van der Waals surface area (Å²) in [5.41, 5.74) is 8.29. The van der Waals surface area contributed by atoms with Gasteiger partial charge < -0.3 is 16.4 Å². The number of nitrogens with one attached hydrogen (secondary N) is 2. The molecule has 0 spiro atoms. The van der Waals surface area contributed by atoms with Crippen molar-refractivity contribution in [3.63, 3.8) is 0 Å². The molecular weight excluding hydrogens is 252 g/mol. The second kappa shape index (κ2) is 6.06. The molecule has 5 heteroatoms. The van der Waals surface area contributed by atoms with E-state index in [9.17, 15) is 4.79 Å². The van der Waals surface area contributed by atoms with Gasteiger partial charge in [-0.25, -0.2) is 4.98 Å². The van der Waals surface area contributed by atoms with Crippen molar-refractivity contribution in [1.29, 1.82) is 0 Å². The highest BCUT2D eigenvalue weighted by atomic mass is 16.1. The number of rotatable bonds is 4. The first-order valence-electron chi connectivity index (χ1n) is 6.41. The summed E-state index contributed by atoms with van der Waals surface area (Å²) in [7, 11) is 0. The van der Waals surface area contributed by atoms with Crippen LogP contribution in [0.4, 0.5) is 17.2 Å². The number of carbonyl (C=O) groups excluding carboxylic acids is 1. The van der Waals surface area contributed by atoms with Crippen LogP contribution >= 0.6 is 0 Å². The third-order valence-corrected chi connectivity index (χ3v) is 2.90. The zero-order chi connectivity index (χ0) is 14.5. The summed E-state index contributed by atoms with van der Waals surface area (Å²) in [4.78, 5) is 15.3.